The minimum absolute atomic E-state index is 0.613. The Morgan fingerprint density at radius 2 is 1.40 bits per heavy atom. The van der Waals surface area contributed by atoms with E-state index in [1.54, 1.807) is 0 Å². The van der Waals surface area contributed by atoms with Gasteiger partial charge in [-0.15, -0.1) is 0 Å². The van der Waals surface area contributed by atoms with Crippen molar-refractivity contribution in [3.63, 3.8) is 0 Å². The summed E-state index contributed by atoms with van der Waals surface area (Å²) in [7, 11) is 0. The zero-order valence-electron chi connectivity index (χ0n) is 5.92. The second kappa shape index (κ2) is 13.5. The van der Waals surface area contributed by atoms with Gasteiger partial charge in [-0.05, 0) is 6.42 Å². The monoisotopic (exact) mass is 400 g/mol. The first kappa shape index (κ1) is 14.4. The Morgan fingerprint density at radius 1 is 1.10 bits per heavy atom. The van der Waals surface area contributed by atoms with Crippen LogP contribution in [0.15, 0.2) is 0 Å². The predicted molar refractivity (Wildman–Crippen MR) is 64.4 cm³/mol. The third-order valence-corrected chi connectivity index (χ3v) is 3.77. The molecular weight excluding hydrogens is 392 g/mol. The van der Waals surface area contributed by atoms with Crippen LogP contribution in [0.25, 0.3) is 0 Å². The van der Waals surface area contributed by atoms with E-state index in [9.17, 15) is 0 Å². The molecule has 0 aliphatic rings. The van der Waals surface area contributed by atoms with Gasteiger partial charge in [0.05, 0.1) is 0 Å². The van der Waals surface area contributed by atoms with Gasteiger partial charge in [-0.1, -0.05) is 70.6 Å². The van der Waals surface area contributed by atoms with Crippen molar-refractivity contribution < 1.29 is 0 Å². The summed E-state index contributed by atoms with van der Waals surface area (Å²) in [4.78, 5) is 0.613. The minimum atomic E-state index is 0.613. The lowest BCUT2D eigenvalue weighted by molar-refractivity contribution is 1.15. The van der Waals surface area contributed by atoms with Gasteiger partial charge in [-0.3, -0.25) is 0 Å². The van der Waals surface area contributed by atoms with Crippen molar-refractivity contribution in [1.82, 2.24) is 0 Å². The van der Waals surface area contributed by atoms with Crippen LogP contribution < -0.4 is 0 Å². The van der Waals surface area contributed by atoms with E-state index in [1.807, 2.05) is 0 Å². The van der Waals surface area contributed by atoms with Crippen LogP contribution in [0.3, 0.4) is 0 Å². The predicted octanol–water partition coefficient (Wildman–Crippen LogP) is 4.33. The zero-order chi connectivity index (χ0) is 8.41. The third-order valence-electron chi connectivity index (χ3n) is 0.480. The Hall–Kier alpha value is 1.92. The molecule has 0 heterocycles. The molecular formula is C6H12Br4. The first-order chi connectivity index (χ1) is 4.68. The van der Waals surface area contributed by atoms with E-state index in [4.69, 9.17) is 0 Å². The van der Waals surface area contributed by atoms with Gasteiger partial charge in [0.2, 0.25) is 0 Å². The van der Waals surface area contributed by atoms with Crippen molar-refractivity contribution >= 4 is 63.7 Å². The molecule has 0 aromatic carbocycles. The van der Waals surface area contributed by atoms with Gasteiger partial charge in [-0.2, -0.15) is 0 Å². The van der Waals surface area contributed by atoms with E-state index in [2.05, 4.69) is 70.6 Å². The summed E-state index contributed by atoms with van der Waals surface area (Å²) in [6, 6.07) is 0. The maximum atomic E-state index is 3.33. The first-order valence-electron chi connectivity index (χ1n) is 3.01. The van der Waals surface area contributed by atoms with Gasteiger partial charge >= 0.3 is 0 Å². The summed E-state index contributed by atoms with van der Waals surface area (Å²) in [5.41, 5.74) is 0. The second-order valence-corrected chi connectivity index (χ2v) is 5.46. The van der Waals surface area contributed by atoms with Crippen molar-refractivity contribution in [3.8, 4) is 0 Å². The van der Waals surface area contributed by atoms with E-state index in [-0.39, 0.29) is 0 Å². The summed E-state index contributed by atoms with van der Waals surface area (Å²) < 4.78 is 0. The molecule has 64 valence electrons. The standard InChI is InChI=1S/2C3H6Br2/c1-3(5)2-4;4-2-1-3-5/h3H,2H2,1H3;1-3H2. The lowest BCUT2D eigenvalue weighted by Gasteiger charge is -1.86. The summed E-state index contributed by atoms with van der Waals surface area (Å²) in [6.07, 6.45) is 1.22. The Morgan fingerprint density at radius 3 is 1.40 bits per heavy atom. The molecule has 0 nitrogen and oxygen atoms in total. The van der Waals surface area contributed by atoms with Crippen molar-refractivity contribution in [2.45, 2.75) is 18.2 Å². The average Bonchev–Trinajstić information content (AvgIpc) is 1.91. The Kier molecular flexibility index (Phi) is 19.5. The van der Waals surface area contributed by atoms with Gasteiger partial charge in [-0.25, -0.2) is 0 Å². The largest absolute Gasteiger partial charge is 0.0928 e. The van der Waals surface area contributed by atoms with Crippen molar-refractivity contribution in [3.05, 3.63) is 0 Å². The lowest BCUT2D eigenvalue weighted by atomic mass is 10.6. The molecule has 10 heavy (non-hydrogen) atoms. The maximum absolute atomic E-state index is 3.33. The summed E-state index contributed by atoms with van der Waals surface area (Å²) >= 11 is 13.2. The highest BCUT2D eigenvalue weighted by Gasteiger charge is 1.84. The molecule has 0 aliphatic heterocycles. The average molecular weight is 404 g/mol. The fourth-order valence-corrected chi connectivity index (χ4v) is 1.36. The Labute approximate surface area is 97.0 Å². The quantitative estimate of drug-likeness (QED) is 0.615. The van der Waals surface area contributed by atoms with Crippen LogP contribution in [-0.2, 0) is 0 Å². The second-order valence-electron chi connectivity index (χ2n) is 1.67. The Bertz CT molecular complexity index is 45.0. The molecule has 0 bridgehead atoms. The zero-order valence-corrected chi connectivity index (χ0v) is 12.3. The molecule has 0 N–H and O–H groups in total. The highest BCUT2D eigenvalue weighted by atomic mass is 79.9. The molecule has 0 fully saturated rings. The number of rotatable bonds is 3. The molecule has 0 saturated heterocycles. The molecule has 1 unspecified atom stereocenters. The van der Waals surface area contributed by atoms with Gasteiger partial charge in [0.15, 0.2) is 0 Å². The molecule has 0 aromatic rings. The number of hydrogen-bond donors (Lipinski definition) is 0. The number of halogens is 4. The molecule has 0 amide bonds. The van der Waals surface area contributed by atoms with Crippen molar-refractivity contribution in [2.75, 3.05) is 16.0 Å². The van der Waals surface area contributed by atoms with Crippen LogP contribution in [0.5, 0.6) is 0 Å². The normalized spacial score (nSPS) is 11.7. The van der Waals surface area contributed by atoms with E-state index in [0.717, 1.165) is 16.0 Å². The van der Waals surface area contributed by atoms with Gasteiger partial charge < -0.3 is 0 Å². The van der Waals surface area contributed by atoms with Crippen LogP contribution >= 0.6 is 63.7 Å². The smallest absolute Gasteiger partial charge is 0.0214 e. The van der Waals surface area contributed by atoms with Gasteiger partial charge in [0.1, 0.15) is 0 Å². The topological polar surface area (TPSA) is 0 Å². The van der Waals surface area contributed by atoms with Crippen LogP contribution in [0.1, 0.15) is 13.3 Å². The first-order valence-corrected chi connectivity index (χ1v) is 7.29. The Balaban J connectivity index is 0. The van der Waals surface area contributed by atoms with Crippen LogP contribution in [-0.4, -0.2) is 20.8 Å². The third kappa shape index (κ3) is 22.5. The van der Waals surface area contributed by atoms with Crippen molar-refractivity contribution in [1.29, 1.82) is 0 Å². The minimum Gasteiger partial charge on any atom is -0.0928 e. The molecule has 0 radical (unpaired) electrons. The molecule has 1 atom stereocenters. The highest BCUT2D eigenvalue weighted by molar-refractivity contribution is 9.12. The maximum Gasteiger partial charge on any atom is 0.0214 e. The molecule has 0 rings (SSSR count). The van der Waals surface area contributed by atoms with Gasteiger partial charge in [0.25, 0.3) is 0 Å². The SMILES string of the molecule is BrCCCBr.CC(Br)CBr. The fourth-order valence-electron chi connectivity index (χ4n) is 0.0505. The van der Waals surface area contributed by atoms with E-state index < -0.39 is 0 Å². The fraction of sp³-hybridized carbons (Fsp3) is 1.00. The number of hydrogen-bond acceptors (Lipinski definition) is 0. The number of alkyl halides is 4. The van der Waals surface area contributed by atoms with Crippen molar-refractivity contribution in [2.24, 2.45) is 0 Å². The molecule has 4 heteroatoms. The van der Waals surface area contributed by atoms with Crippen LogP contribution in [0.4, 0.5) is 0 Å². The van der Waals surface area contributed by atoms with Crippen LogP contribution in [0.2, 0.25) is 0 Å². The highest BCUT2D eigenvalue weighted by Crippen LogP contribution is 1.99. The van der Waals surface area contributed by atoms with E-state index in [1.165, 1.54) is 6.42 Å². The molecule has 0 saturated carbocycles. The van der Waals surface area contributed by atoms with E-state index >= 15 is 0 Å². The van der Waals surface area contributed by atoms with Gasteiger partial charge in [0, 0.05) is 20.8 Å². The molecule has 0 aliphatic carbocycles. The summed E-state index contributed by atoms with van der Waals surface area (Å²) in [6.45, 7) is 2.09. The van der Waals surface area contributed by atoms with Crippen LogP contribution in [0, 0.1) is 0 Å². The summed E-state index contributed by atoms with van der Waals surface area (Å²) in [5, 5.41) is 3.25. The molecule has 0 aromatic heterocycles. The summed E-state index contributed by atoms with van der Waals surface area (Å²) in [5.74, 6) is 0. The van der Waals surface area contributed by atoms with E-state index in [0.29, 0.717) is 4.83 Å². The molecule has 0 spiro atoms. The lowest BCUT2D eigenvalue weighted by Crippen LogP contribution is -1.85.